The zero-order valence-electron chi connectivity index (χ0n) is 6.13. The van der Waals surface area contributed by atoms with E-state index in [1.807, 2.05) is 0 Å². The minimum absolute atomic E-state index is 1.50. The molecule has 56 valence electrons. The fraction of sp³-hybridized carbons (Fsp3) is 1.00. The molecule has 5 heteroatoms. The second-order valence-corrected chi connectivity index (χ2v) is 36.1. The molecule has 0 aromatic rings. The number of hydrogen-bond acceptors (Lipinski definition) is 4. The van der Waals surface area contributed by atoms with E-state index in [0.717, 1.165) is 0 Å². The van der Waals surface area contributed by atoms with Gasteiger partial charge in [0.05, 0.1) is 0 Å². The molecule has 0 aromatic heterocycles. The van der Waals surface area contributed by atoms with Gasteiger partial charge in [-0.1, -0.05) is 0 Å². The quantitative estimate of drug-likeness (QED) is 0.713. The Bertz CT molecular complexity index is 55.5. The Hall–Kier alpha value is 1.94. The van der Waals surface area contributed by atoms with Crippen molar-refractivity contribution in [3.8, 4) is 0 Å². The summed E-state index contributed by atoms with van der Waals surface area (Å²) >= 11 is 0. The van der Waals surface area contributed by atoms with Crippen molar-refractivity contribution >= 4 is 49.0 Å². The Kier molecular flexibility index (Phi) is 6.78. The van der Waals surface area contributed by atoms with Crippen LogP contribution in [0, 0.1) is 0 Å². The van der Waals surface area contributed by atoms with Crippen LogP contribution >= 0.6 is 40.3 Å². The predicted octanol–water partition coefficient (Wildman–Crippen LogP) is 2.87. The third-order valence-electron chi connectivity index (χ3n) is 1.00. The topological polar surface area (TPSA) is 0 Å². The summed E-state index contributed by atoms with van der Waals surface area (Å²) in [5.41, 5.74) is 0. The van der Waals surface area contributed by atoms with Crippen molar-refractivity contribution in [3.63, 3.8) is 0 Å². The fourth-order valence-electron chi connectivity index (χ4n) is 0.500. The Balaban J connectivity index is 3.82. The van der Waals surface area contributed by atoms with Gasteiger partial charge >= 0.3 is 74.1 Å². The van der Waals surface area contributed by atoms with Crippen molar-refractivity contribution in [1.29, 1.82) is 0 Å². The van der Waals surface area contributed by atoms with Crippen LogP contribution in [0.15, 0.2) is 0 Å². The van der Waals surface area contributed by atoms with Crippen LogP contribution in [-0.4, -0.2) is 33.7 Å². The third kappa shape index (κ3) is 3.23. The van der Waals surface area contributed by atoms with Crippen LogP contribution in [0.5, 0.6) is 0 Å². The van der Waals surface area contributed by atoms with Crippen LogP contribution in [-0.2, 0) is 0 Å². The minimum atomic E-state index is -1.50. The zero-order chi connectivity index (χ0) is 7.33. The molecule has 0 spiro atoms. The molecular weight excluding hydrogens is 249 g/mol. The van der Waals surface area contributed by atoms with Gasteiger partial charge in [0.15, 0.2) is 0 Å². The van der Waals surface area contributed by atoms with Crippen molar-refractivity contribution in [1.82, 2.24) is 0 Å². The first-order valence-corrected chi connectivity index (χ1v) is 17.6. The third-order valence-corrected chi connectivity index (χ3v) is 46.8. The van der Waals surface area contributed by atoms with Crippen molar-refractivity contribution < 1.29 is 0 Å². The molecule has 9 heavy (non-hydrogen) atoms. The summed E-state index contributed by atoms with van der Waals surface area (Å²) in [7, 11) is 6.88. The Labute approximate surface area is 73.5 Å². The van der Waals surface area contributed by atoms with Gasteiger partial charge in [0.2, 0.25) is 0 Å². The van der Waals surface area contributed by atoms with E-state index in [0.29, 0.717) is 0 Å². The zero-order valence-corrected chi connectivity index (χ0v) is 11.5. The molecule has 0 amide bonds. The summed E-state index contributed by atoms with van der Waals surface area (Å²) in [6.07, 6.45) is 8.96. The summed E-state index contributed by atoms with van der Waals surface area (Å²) in [6, 6.07) is 0. The fourth-order valence-corrected chi connectivity index (χ4v) is 23.4. The molecule has 0 atom stereocenters. The first kappa shape index (κ1) is 10.9. The van der Waals surface area contributed by atoms with Gasteiger partial charge in [-0.3, -0.25) is 0 Å². The Morgan fingerprint density at radius 2 is 0.889 bits per heavy atom. The predicted molar refractivity (Wildman–Crippen MR) is 59.8 cm³/mol. The molecule has 0 aromatic carbocycles. The van der Waals surface area contributed by atoms with Gasteiger partial charge in [-0.2, -0.15) is 0 Å². The molecule has 0 fully saturated rings. The van der Waals surface area contributed by atoms with Crippen LogP contribution in [0.1, 0.15) is 0 Å². The molecule has 0 radical (unpaired) electrons. The number of rotatable bonds is 4. The molecule has 0 saturated carbocycles. The van der Waals surface area contributed by atoms with Crippen molar-refractivity contribution in [2.75, 3.05) is 25.0 Å². The molecule has 0 aliphatic rings. The first-order valence-electron chi connectivity index (χ1n) is 2.45. The van der Waals surface area contributed by atoms with E-state index in [2.05, 4.69) is 65.4 Å². The molecule has 0 aliphatic carbocycles. The van der Waals surface area contributed by atoms with E-state index in [4.69, 9.17) is 0 Å². The van der Waals surface area contributed by atoms with Crippen LogP contribution in [0.4, 0.5) is 0 Å². The molecule has 0 rings (SSSR count). The van der Waals surface area contributed by atoms with Gasteiger partial charge < -0.3 is 0 Å². The van der Waals surface area contributed by atoms with E-state index in [9.17, 15) is 0 Å². The van der Waals surface area contributed by atoms with Gasteiger partial charge in [-0.05, 0) is 0 Å². The molecule has 0 heterocycles. The van der Waals surface area contributed by atoms with Crippen LogP contribution in [0.25, 0.3) is 0 Å². The van der Waals surface area contributed by atoms with Crippen molar-refractivity contribution in [2.24, 2.45) is 0 Å². The molecule has 0 bridgehead atoms. The van der Waals surface area contributed by atoms with E-state index in [-0.39, 0.29) is 0 Å². The summed E-state index contributed by atoms with van der Waals surface area (Å²) in [5.74, 6) is 0. The second-order valence-electron chi connectivity index (χ2n) is 1.32. The maximum absolute atomic E-state index is 2.24. The van der Waals surface area contributed by atoms with E-state index < -0.39 is 8.70 Å². The van der Waals surface area contributed by atoms with Gasteiger partial charge in [-0.25, -0.2) is 0 Å². The molecule has 0 unspecified atom stereocenters. The molecule has 0 saturated heterocycles. The van der Waals surface area contributed by atoms with Crippen molar-refractivity contribution in [3.05, 3.63) is 0 Å². The molecule has 0 nitrogen and oxygen atoms in total. The summed E-state index contributed by atoms with van der Waals surface area (Å²) in [4.78, 5) is 0. The van der Waals surface area contributed by atoms with Gasteiger partial charge in [0.1, 0.15) is 0 Å². The summed E-state index contributed by atoms with van der Waals surface area (Å²) < 4.78 is 0. The Morgan fingerprint density at radius 3 is 0.889 bits per heavy atom. The summed E-state index contributed by atoms with van der Waals surface area (Å²) in [5, 5.41) is 0. The Morgan fingerprint density at radius 1 is 0.667 bits per heavy atom. The second kappa shape index (κ2) is 5.58. The molecular formula is C4H12GeS4. The average molecular weight is 261 g/mol. The van der Waals surface area contributed by atoms with E-state index in [1.54, 1.807) is 0 Å². The van der Waals surface area contributed by atoms with Gasteiger partial charge in [-0.15, -0.1) is 0 Å². The monoisotopic (exact) mass is 262 g/mol. The van der Waals surface area contributed by atoms with Crippen LogP contribution in [0.3, 0.4) is 0 Å². The SMILES string of the molecule is C[S][Ge]([S]C)([S]C)[S]C. The van der Waals surface area contributed by atoms with Crippen molar-refractivity contribution in [2.45, 2.75) is 0 Å². The van der Waals surface area contributed by atoms with E-state index in [1.165, 1.54) is 0 Å². The standard InChI is InChI=1S/C4H12GeS4/c1-6-5(7-2,8-3)9-4/h1-4H3. The maximum atomic E-state index is 2.24. The summed E-state index contributed by atoms with van der Waals surface area (Å²) in [6.45, 7) is 0. The normalized spacial score (nSPS) is 12.0. The molecule has 0 aliphatic heterocycles. The molecule has 0 N–H and O–H groups in total. The van der Waals surface area contributed by atoms with Gasteiger partial charge in [0, 0.05) is 0 Å². The number of hydrogen-bond donors (Lipinski definition) is 0. The van der Waals surface area contributed by atoms with Gasteiger partial charge in [0.25, 0.3) is 0 Å². The van der Waals surface area contributed by atoms with E-state index >= 15 is 0 Å². The first-order chi connectivity index (χ1) is 4.24. The van der Waals surface area contributed by atoms with Crippen LogP contribution in [0.2, 0.25) is 0 Å². The average Bonchev–Trinajstić information content (AvgIpc) is 1.95. The van der Waals surface area contributed by atoms with Crippen LogP contribution < -0.4 is 0 Å².